The molecule has 0 radical (unpaired) electrons. The molecule has 2 heteroatoms. The molecule has 1 unspecified atom stereocenters. The highest BCUT2D eigenvalue weighted by atomic mass is 16.5. The fourth-order valence-corrected chi connectivity index (χ4v) is 2.09. The van der Waals surface area contributed by atoms with Gasteiger partial charge in [0.15, 0.2) is 0 Å². The number of hydrogen-bond donors (Lipinski definition) is 1. The van der Waals surface area contributed by atoms with Crippen molar-refractivity contribution in [1.82, 2.24) is 5.32 Å². The van der Waals surface area contributed by atoms with E-state index in [2.05, 4.69) is 48.6 Å². The lowest BCUT2D eigenvalue weighted by Gasteiger charge is -2.20. The fourth-order valence-electron chi connectivity index (χ4n) is 2.09. The van der Waals surface area contributed by atoms with Crippen LogP contribution in [0.25, 0.3) is 0 Å². The second-order valence-corrected chi connectivity index (χ2v) is 4.73. The molecular formula is C17H21NO. The second kappa shape index (κ2) is 6.95. The van der Waals surface area contributed by atoms with Crippen LogP contribution in [0.1, 0.15) is 23.7 Å². The third kappa shape index (κ3) is 4.11. The Hall–Kier alpha value is -1.80. The SMILES string of the molecule is CNCCC(Oc1cccc(C)c1)c1ccccc1. The van der Waals surface area contributed by atoms with Gasteiger partial charge in [-0.25, -0.2) is 0 Å². The van der Waals surface area contributed by atoms with Crippen LogP contribution in [0.15, 0.2) is 54.6 Å². The van der Waals surface area contributed by atoms with E-state index in [4.69, 9.17) is 4.74 Å². The molecule has 2 rings (SSSR count). The predicted octanol–water partition coefficient (Wildman–Crippen LogP) is 3.72. The molecule has 2 nitrogen and oxygen atoms in total. The van der Waals surface area contributed by atoms with E-state index in [0.29, 0.717) is 0 Å². The van der Waals surface area contributed by atoms with E-state index in [1.807, 2.05) is 25.2 Å². The Morgan fingerprint density at radius 1 is 1.05 bits per heavy atom. The molecule has 2 aromatic carbocycles. The Kier molecular flexibility index (Phi) is 4.99. The van der Waals surface area contributed by atoms with Crippen LogP contribution in [0.4, 0.5) is 0 Å². The summed E-state index contributed by atoms with van der Waals surface area (Å²) in [6.07, 6.45) is 1.05. The lowest BCUT2D eigenvalue weighted by Crippen LogP contribution is -2.16. The summed E-state index contributed by atoms with van der Waals surface area (Å²) in [6, 6.07) is 18.6. The Bertz CT molecular complexity index is 496. The minimum Gasteiger partial charge on any atom is -0.486 e. The molecule has 2 aromatic rings. The van der Waals surface area contributed by atoms with E-state index < -0.39 is 0 Å². The topological polar surface area (TPSA) is 21.3 Å². The molecular weight excluding hydrogens is 234 g/mol. The van der Waals surface area contributed by atoms with Crippen LogP contribution < -0.4 is 10.1 Å². The van der Waals surface area contributed by atoms with Crippen molar-refractivity contribution >= 4 is 0 Å². The summed E-state index contributed by atoms with van der Waals surface area (Å²) in [4.78, 5) is 0. The molecule has 0 spiro atoms. The van der Waals surface area contributed by atoms with Gasteiger partial charge in [0.25, 0.3) is 0 Å². The summed E-state index contributed by atoms with van der Waals surface area (Å²) in [5.41, 5.74) is 2.44. The van der Waals surface area contributed by atoms with Crippen molar-refractivity contribution in [1.29, 1.82) is 0 Å². The summed E-state index contributed by atoms with van der Waals surface area (Å²) in [5, 5.41) is 3.19. The van der Waals surface area contributed by atoms with E-state index in [9.17, 15) is 0 Å². The van der Waals surface area contributed by atoms with Gasteiger partial charge in [-0.2, -0.15) is 0 Å². The zero-order valence-corrected chi connectivity index (χ0v) is 11.6. The minimum atomic E-state index is 0.0930. The minimum absolute atomic E-state index is 0.0930. The van der Waals surface area contributed by atoms with Crippen LogP contribution >= 0.6 is 0 Å². The van der Waals surface area contributed by atoms with Gasteiger partial charge in [0, 0.05) is 6.42 Å². The molecule has 0 heterocycles. The first-order valence-corrected chi connectivity index (χ1v) is 6.72. The summed E-state index contributed by atoms with van der Waals surface area (Å²) < 4.78 is 6.14. The van der Waals surface area contributed by atoms with Crippen molar-refractivity contribution in [2.75, 3.05) is 13.6 Å². The van der Waals surface area contributed by atoms with E-state index in [0.717, 1.165) is 18.7 Å². The van der Waals surface area contributed by atoms with Gasteiger partial charge < -0.3 is 10.1 Å². The Morgan fingerprint density at radius 2 is 1.84 bits per heavy atom. The van der Waals surface area contributed by atoms with Crippen molar-refractivity contribution in [2.45, 2.75) is 19.4 Å². The zero-order chi connectivity index (χ0) is 13.5. The first-order chi connectivity index (χ1) is 9.29. The largest absolute Gasteiger partial charge is 0.486 e. The number of aryl methyl sites for hydroxylation is 1. The van der Waals surface area contributed by atoms with Gasteiger partial charge in [-0.05, 0) is 43.8 Å². The van der Waals surface area contributed by atoms with Crippen molar-refractivity contribution in [2.24, 2.45) is 0 Å². The van der Waals surface area contributed by atoms with Gasteiger partial charge in [-0.15, -0.1) is 0 Å². The van der Waals surface area contributed by atoms with Crippen LogP contribution in [0.3, 0.4) is 0 Å². The zero-order valence-electron chi connectivity index (χ0n) is 11.6. The normalized spacial score (nSPS) is 12.1. The van der Waals surface area contributed by atoms with Crippen LogP contribution in [0.2, 0.25) is 0 Å². The highest BCUT2D eigenvalue weighted by Gasteiger charge is 2.12. The first kappa shape index (κ1) is 13.6. The molecule has 1 atom stereocenters. The summed E-state index contributed by atoms with van der Waals surface area (Å²) >= 11 is 0. The molecule has 19 heavy (non-hydrogen) atoms. The Labute approximate surface area is 115 Å². The Balaban J connectivity index is 2.14. The van der Waals surface area contributed by atoms with Gasteiger partial charge in [-0.1, -0.05) is 42.5 Å². The molecule has 1 N–H and O–H groups in total. The number of ether oxygens (including phenoxy) is 1. The summed E-state index contributed by atoms with van der Waals surface area (Å²) in [7, 11) is 1.97. The second-order valence-electron chi connectivity index (χ2n) is 4.73. The van der Waals surface area contributed by atoms with Gasteiger partial charge in [-0.3, -0.25) is 0 Å². The molecule has 0 fully saturated rings. The molecule has 0 bridgehead atoms. The highest BCUT2D eigenvalue weighted by Crippen LogP contribution is 2.25. The third-order valence-corrected chi connectivity index (χ3v) is 3.10. The lowest BCUT2D eigenvalue weighted by atomic mass is 10.1. The molecule has 0 amide bonds. The summed E-state index contributed by atoms with van der Waals surface area (Å²) in [5.74, 6) is 0.935. The maximum absolute atomic E-state index is 6.14. The van der Waals surface area contributed by atoms with E-state index in [-0.39, 0.29) is 6.10 Å². The molecule has 0 saturated carbocycles. The fraction of sp³-hybridized carbons (Fsp3) is 0.294. The van der Waals surface area contributed by atoms with Gasteiger partial charge in [0.2, 0.25) is 0 Å². The van der Waals surface area contributed by atoms with Crippen LogP contribution in [0.5, 0.6) is 5.75 Å². The van der Waals surface area contributed by atoms with Crippen molar-refractivity contribution in [3.05, 3.63) is 65.7 Å². The molecule has 100 valence electrons. The van der Waals surface area contributed by atoms with E-state index in [1.165, 1.54) is 11.1 Å². The van der Waals surface area contributed by atoms with E-state index in [1.54, 1.807) is 0 Å². The maximum atomic E-state index is 6.14. The number of nitrogens with one attached hydrogen (secondary N) is 1. The average Bonchev–Trinajstić information content (AvgIpc) is 2.44. The number of hydrogen-bond acceptors (Lipinski definition) is 2. The molecule has 0 saturated heterocycles. The lowest BCUT2D eigenvalue weighted by molar-refractivity contribution is 0.195. The average molecular weight is 255 g/mol. The summed E-state index contributed by atoms with van der Waals surface area (Å²) in [6.45, 7) is 3.02. The number of benzene rings is 2. The van der Waals surface area contributed by atoms with Crippen LogP contribution in [0, 0.1) is 6.92 Å². The van der Waals surface area contributed by atoms with Gasteiger partial charge >= 0.3 is 0 Å². The van der Waals surface area contributed by atoms with Crippen LogP contribution in [-0.2, 0) is 0 Å². The van der Waals surface area contributed by atoms with Gasteiger partial charge in [0.1, 0.15) is 11.9 Å². The molecule has 0 aliphatic rings. The van der Waals surface area contributed by atoms with Crippen molar-refractivity contribution < 1.29 is 4.74 Å². The van der Waals surface area contributed by atoms with Crippen LogP contribution in [-0.4, -0.2) is 13.6 Å². The molecule has 0 aliphatic heterocycles. The first-order valence-electron chi connectivity index (χ1n) is 6.72. The van der Waals surface area contributed by atoms with Gasteiger partial charge in [0.05, 0.1) is 0 Å². The Morgan fingerprint density at radius 3 is 2.53 bits per heavy atom. The molecule has 0 aromatic heterocycles. The monoisotopic (exact) mass is 255 g/mol. The van der Waals surface area contributed by atoms with Crippen molar-refractivity contribution in [3.8, 4) is 5.75 Å². The maximum Gasteiger partial charge on any atom is 0.125 e. The number of rotatable bonds is 6. The van der Waals surface area contributed by atoms with Crippen molar-refractivity contribution in [3.63, 3.8) is 0 Å². The predicted molar refractivity (Wildman–Crippen MR) is 79.5 cm³/mol. The highest BCUT2D eigenvalue weighted by molar-refractivity contribution is 5.29. The smallest absolute Gasteiger partial charge is 0.125 e. The molecule has 0 aliphatic carbocycles. The quantitative estimate of drug-likeness (QED) is 0.849. The third-order valence-electron chi connectivity index (χ3n) is 3.10. The standard InChI is InChI=1S/C17H21NO/c1-14-7-6-10-16(13-14)19-17(11-12-18-2)15-8-4-3-5-9-15/h3-10,13,17-18H,11-12H2,1-2H3. The van der Waals surface area contributed by atoms with E-state index >= 15 is 0 Å².